The van der Waals surface area contributed by atoms with Crippen LogP contribution in [0.5, 0.6) is 0 Å². The van der Waals surface area contributed by atoms with Crippen LogP contribution >= 0.6 is 0 Å². The van der Waals surface area contributed by atoms with Crippen LogP contribution < -0.4 is 5.32 Å². The molecule has 2 heteroatoms. The van der Waals surface area contributed by atoms with Gasteiger partial charge in [-0.15, -0.1) is 0 Å². The second-order valence-electron chi connectivity index (χ2n) is 4.66. The van der Waals surface area contributed by atoms with Crippen molar-refractivity contribution >= 4 is 0 Å². The third kappa shape index (κ3) is 2.44. The van der Waals surface area contributed by atoms with Gasteiger partial charge in [-0.05, 0) is 31.7 Å². The van der Waals surface area contributed by atoms with Gasteiger partial charge in [0.2, 0.25) is 0 Å². The van der Waals surface area contributed by atoms with Gasteiger partial charge in [-0.2, -0.15) is 0 Å². The van der Waals surface area contributed by atoms with Gasteiger partial charge >= 0.3 is 0 Å². The van der Waals surface area contributed by atoms with Gasteiger partial charge in [0.05, 0.1) is 6.10 Å². The van der Waals surface area contributed by atoms with Crippen molar-refractivity contribution in [1.82, 2.24) is 5.32 Å². The van der Waals surface area contributed by atoms with Gasteiger partial charge in [0, 0.05) is 6.04 Å². The zero-order valence-corrected chi connectivity index (χ0v) is 8.34. The molecule has 1 heterocycles. The summed E-state index contributed by atoms with van der Waals surface area (Å²) in [4.78, 5) is 0. The third-order valence-corrected chi connectivity index (χ3v) is 3.61. The summed E-state index contributed by atoms with van der Waals surface area (Å²) in [5, 5.41) is 13.3. The van der Waals surface area contributed by atoms with E-state index in [1.165, 1.54) is 38.5 Å². The SMILES string of the molecule is OC(CC1CCCC1)C1CCCN1. The molecule has 2 N–H and O–H groups in total. The molecule has 0 radical (unpaired) electrons. The van der Waals surface area contributed by atoms with Gasteiger partial charge < -0.3 is 10.4 Å². The number of rotatable bonds is 3. The number of nitrogens with one attached hydrogen (secondary N) is 1. The quantitative estimate of drug-likeness (QED) is 0.697. The summed E-state index contributed by atoms with van der Waals surface area (Å²) in [6.45, 7) is 1.10. The Morgan fingerprint density at radius 3 is 2.54 bits per heavy atom. The summed E-state index contributed by atoms with van der Waals surface area (Å²) in [5.41, 5.74) is 0. The third-order valence-electron chi connectivity index (χ3n) is 3.61. The highest BCUT2D eigenvalue weighted by Crippen LogP contribution is 2.29. The van der Waals surface area contributed by atoms with Crippen LogP contribution in [0.1, 0.15) is 44.9 Å². The molecule has 13 heavy (non-hydrogen) atoms. The molecule has 0 aromatic rings. The summed E-state index contributed by atoms with van der Waals surface area (Å²) in [6, 6.07) is 0.403. The van der Waals surface area contributed by atoms with E-state index >= 15 is 0 Å². The lowest BCUT2D eigenvalue weighted by Crippen LogP contribution is -2.35. The molecule has 2 aliphatic rings. The molecule has 2 rings (SSSR count). The van der Waals surface area contributed by atoms with E-state index in [4.69, 9.17) is 0 Å². The summed E-state index contributed by atoms with van der Waals surface area (Å²) in [5.74, 6) is 0.817. The molecule has 0 bridgehead atoms. The second-order valence-corrected chi connectivity index (χ2v) is 4.66. The second kappa shape index (κ2) is 4.43. The van der Waals surface area contributed by atoms with Gasteiger partial charge in [-0.1, -0.05) is 25.7 Å². The van der Waals surface area contributed by atoms with Crippen molar-refractivity contribution in [2.75, 3.05) is 6.54 Å². The fourth-order valence-corrected chi connectivity index (χ4v) is 2.79. The predicted molar refractivity (Wildman–Crippen MR) is 53.6 cm³/mol. The largest absolute Gasteiger partial charge is 0.391 e. The fraction of sp³-hybridized carbons (Fsp3) is 1.00. The summed E-state index contributed by atoms with van der Waals surface area (Å²) >= 11 is 0. The van der Waals surface area contributed by atoms with Crippen molar-refractivity contribution in [3.63, 3.8) is 0 Å². The van der Waals surface area contributed by atoms with E-state index in [1.807, 2.05) is 0 Å². The summed E-state index contributed by atoms with van der Waals surface area (Å²) in [6.07, 6.45) is 8.85. The molecule has 0 amide bonds. The number of aliphatic hydroxyl groups is 1. The fourth-order valence-electron chi connectivity index (χ4n) is 2.79. The lowest BCUT2D eigenvalue weighted by Gasteiger charge is -2.21. The van der Waals surface area contributed by atoms with E-state index in [0.29, 0.717) is 6.04 Å². The van der Waals surface area contributed by atoms with Crippen LogP contribution in [0.2, 0.25) is 0 Å². The minimum absolute atomic E-state index is 0.0781. The minimum atomic E-state index is -0.0781. The van der Waals surface area contributed by atoms with Gasteiger partial charge in [-0.3, -0.25) is 0 Å². The molecule has 2 fully saturated rings. The van der Waals surface area contributed by atoms with Crippen LogP contribution in [0.3, 0.4) is 0 Å². The monoisotopic (exact) mass is 183 g/mol. The Balaban J connectivity index is 1.73. The minimum Gasteiger partial charge on any atom is -0.391 e. The maximum absolute atomic E-state index is 9.95. The summed E-state index contributed by atoms with van der Waals surface area (Å²) in [7, 11) is 0. The van der Waals surface area contributed by atoms with Crippen molar-refractivity contribution in [3.05, 3.63) is 0 Å². The van der Waals surface area contributed by atoms with Crippen LogP contribution in [0.25, 0.3) is 0 Å². The Kier molecular flexibility index (Phi) is 3.23. The van der Waals surface area contributed by atoms with Crippen LogP contribution in [0, 0.1) is 5.92 Å². The highest BCUT2D eigenvalue weighted by molar-refractivity contribution is 4.83. The standard InChI is InChI=1S/C11H21NO/c13-11(10-6-3-7-12-10)8-9-4-1-2-5-9/h9-13H,1-8H2. The van der Waals surface area contributed by atoms with Gasteiger partial charge in [0.15, 0.2) is 0 Å². The van der Waals surface area contributed by atoms with Gasteiger partial charge in [0.25, 0.3) is 0 Å². The Morgan fingerprint density at radius 2 is 1.92 bits per heavy atom. The first kappa shape index (κ1) is 9.47. The first-order valence-electron chi connectivity index (χ1n) is 5.78. The Hall–Kier alpha value is -0.0800. The van der Waals surface area contributed by atoms with Crippen LogP contribution in [0.15, 0.2) is 0 Å². The molecule has 0 spiro atoms. The maximum atomic E-state index is 9.95. The molecule has 0 aromatic heterocycles. The average Bonchev–Trinajstić information content (AvgIpc) is 2.74. The Labute approximate surface area is 80.7 Å². The van der Waals surface area contributed by atoms with E-state index in [9.17, 15) is 5.11 Å². The molecule has 2 atom stereocenters. The smallest absolute Gasteiger partial charge is 0.0695 e. The molecule has 1 aliphatic carbocycles. The lowest BCUT2D eigenvalue weighted by atomic mass is 9.95. The van der Waals surface area contributed by atoms with Crippen molar-refractivity contribution in [2.45, 2.75) is 57.1 Å². The number of hydrogen-bond donors (Lipinski definition) is 2. The van der Waals surface area contributed by atoms with Gasteiger partial charge in [0.1, 0.15) is 0 Å². The van der Waals surface area contributed by atoms with E-state index in [1.54, 1.807) is 0 Å². The van der Waals surface area contributed by atoms with Crippen LogP contribution in [-0.4, -0.2) is 23.8 Å². The molecule has 2 unspecified atom stereocenters. The molecule has 2 nitrogen and oxygen atoms in total. The average molecular weight is 183 g/mol. The zero-order chi connectivity index (χ0) is 9.10. The molecule has 1 saturated heterocycles. The van der Waals surface area contributed by atoms with Crippen molar-refractivity contribution in [1.29, 1.82) is 0 Å². The molecule has 1 saturated carbocycles. The van der Waals surface area contributed by atoms with E-state index < -0.39 is 0 Å². The molecule has 0 aromatic carbocycles. The van der Waals surface area contributed by atoms with Crippen molar-refractivity contribution in [2.24, 2.45) is 5.92 Å². The van der Waals surface area contributed by atoms with Crippen molar-refractivity contribution in [3.8, 4) is 0 Å². The van der Waals surface area contributed by atoms with Crippen LogP contribution in [0.4, 0.5) is 0 Å². The predicted octanol–water partition coefficient (Wildman–Crippen LogP) is 1.68. The van der Waals surface area contributed by atoms with E-state index in [-0.39, 0.29) is 6.10 Å². The van der Waals surface area contributed by atoms with E-state index in [0.717, 1.165) is 18.9 Å². The Bertz CT molecular complexity index is 148. The molecular formula is C11H21NO. The first-order chi connectivity index (χ1) is 6.36. The first-order valence-corrected chi connectivity index (χ1v) is 5.78. The lowest BCUT2D eigenvalue weighted by molar-refractivity contribution is 0.108. The highest BCUT2D eigenvalue weighted by Gasteiger charge is 2.26. The molecular weight excluding hydrogens is 162 g/mol. The van der Waals surface area contributed by atoms with E-state index in [2.05, 4.69) is 5.32 Å². The van der Waals surface area contributed by atoms with Crippen LogP contribution in [-0.2, 0) is 0 Å². The number of hydrogen-bond acceptors (Lipinski definition) is 2. The molecule has 76 valence electrons. The van der Waals surface area contributed by atoms with Gasteiger partial charge in [-0.25, -0.2) is 0 Å². The maximum Gasteiger partial charge on any atom is 0.0695 e. The molecule has 1 aliphatic heterocycles. The topological polar surface area (TPSA) is 32.3 Å². The van der Waals surface area contributed by atoms with Crippen molar-refractivity contribution < 1.29 is 5.11 Å². The normalized spacial score (nSPS) is 32.5. The number of aliphatic hydroxyl groups excluding tert-OH is 1. The highest BCUT2D eigenvalue weighted by atomic mass is 16.3. The Morgan fingerprint density at radius 1 is 1.15 bits per heavy atom. The zero-order valence-electron chi connectivity index (χ0n) is 8.34. The summed E-state index contributed by atoms with van der Waals surface area (Å²) < 4.78 is 0.